The highest BCUT2D eigenvalue weighted by molar-refractivity contribution is 5.91. The van der Waals surface area contributed by atoms with E-state index >= 15 is 0 Å². The monoisotopic (exact) mass is 311 g/mol. The Bertz CT molecular complexity index is 692. The Balaban J connectivity index is 1.84. The van der Waals surface area contributed by atoms with E-state index in [0.29, 0.717) is 6.42 Å². The summed E-state index contributed by atoms with van der Waals surface area (Å²) >= 11 is 0. The van der Waals surface area contributed by atoms with Gasteiger partial charge in [-0.15, -0.1) is 0 Å². The SMILES string of the molecule is COc1ccc(CCCC(=O)Nc2ccc(C)cc2C)cc1C. The van der Waals surface area contributed by atoms with Gasteiger partial charge in [-0.1, -0.05) is 29.8 Å². The molecule has 0 unspecified atom stereocenters. The molecule has 0 aliphatic rings. The van der Waals surface area contributed by atoms with Crippen LogP contribution in [0.25, 0.3) is 0 Å². The number of rotatable bonds is 6. The number of amides is 1. The molecule has 0 heterocycles. The second-order valence-electron chi connectivity index (χ2n) is 6.02. The quantitative estimate of drug-likeness (QED) is 0.848. The van der Waals surface area contributed by atoms with Crippen LogP contribution in [0.1, 0.15) is 35.1 Å². The third-order valence-electron chi connectivity index (χ3n) is 3.98. The molecular formula is C20H25NO2. The van der Waals surface area contributed by atoms with E-state index in [1.807, 2.05) is 32.0 Å². The lowest BCUT2D eigenvalue weighted by Gasteiger charge is -2.10. The Morgan fingerprint density at radius 1 is 1.04 bits per heavy atom. The number of anilines is 1. The molecule has 2 aromatic rings. The summed E-state index contributed by atoms with van der Waals surface area (Å²) in [5.41, 5.74) is 5.58. The van der Waals surface area contributed by atoms with Crippen LogP contribution < -0.4 is 10.1 Å². The molecule has 122 valence electrons. The van der Waals surface area contributed by atoms with Gasteiger partial charge in [0.05, 0.1) is 7.11 Å². The molecule has 3 nitrogen and oxygen atoms in total. The van der Waals surface area contributed by atoms with Crippen molar-refractivity contribution in [2.24, 2.45) is 0 Å². The first kappa shape index (κ1) is 17.1. The molecule has 0 aliphatic heterocycles. The van der Waals surface area contributed by atoms with Crippen molar-refractivity contribution in [3.8, 4) is 5.75 Å². The van der Waals surface area contributed by atoms with Gasteiger partial charge in [0.15, 0.2) is 0 Å². The Labute approximate surface area is 138 Å². The average Bonchev–Trinajstić information content (AvgIpc) is 2.50. The van der Waals surface area contributed by atoms with E-state index in [4.69, 9.17) is 4.74 Å². The minimum absolute atomic E-state index is 0.0715. The van der Waals surface area contributed by atoms with Crippen LogP contribution in [0.4, 0.5) is 5.69 Å². The molecule has 0 aromatic heterocycles. The minimum atomic E-state index is 0.0715. The van der Waals surface area contributed by atoms with Crippen LogP contribution >= 0.6 is 0 Å². The van der Waals surface area contributed by atoms with Gasteiger partial charge in [-0.05, 0) is 62.4 Å². The number of benzene rings is 2. The van der Waals surface area contributed by atoms with Crippen molar-refractivity contribution >= 4 is 11.6 Å². The molecular weight excluding hydrogens is 286 g/mol. The molecule has 0 radical (unpaired) electrons. The summed E-state index contributed by atoms with van der Waals surface area (Å²) in [6.45, 7) is 6.10. The summed E-state index contributed by atoms with van der Waals surface area (Å²) in [6, 6.07) is 12.2. The van der Waals surface area contributed by atoms with Crippen molar-refractivity contribution in [2.45, 2.75) is 40.0 Å². The smallest absolute Gasteiger partial charge is 0.224 e. The Kier molecular flexibility index (Phi) is 5.80. The molecule has 0 spiro atoms. The first-order chi connectivity index (χ1) is 11.0. The van der Waals surface area contributed by atoms with Crippen LogP contribution in [0, 0.1) is 20.8 Å². The third kappa shape index (κ3) is 4.85. The Morgan fingerprint density at radius 2 is 1.83 bits per heavy atom. The second-order valence-corrected chi connectivity index (χ2v) is 6.02. The maximum Gasteiger partial charge on any atom is 0.224 e. The Morgan fingerprint density at radius 3 is 2.48 bits per heavy atom. The summed E-state index contributed by atoms with van der Waals surface area (Å²) in [5.74, 6) is 0.975. The fraction of sp³-hybridized carbons (Fsp3) is 0.350. The number of hydrogen-bond acceptors (Lipinski definition) is 2. The fourth-order valence-corrected chi connectivity index (χ4v) is 2.72. The van der Waals surface area contributed by atoms with Crippen LogP contribution in [0.2, 0.25) is 0 Å². The van der Waals surface area contributed by atoms with Crippen molar-refractivity contribution in [3.63, 3.8) is 0 Å². The van der Waals surface area contributed by atoms with E-state index in [9.17, 15) is 4.79 Å². The minimum Gasteiger partial charge on any atom is -0.496 e. The number of carbonyl (C=O) groups is 1. The van der Waals surface area contributed by atoms with E-state index in [1.165, 1.54) is 11.1 Å². The van der Waals surface area contributed by atoms with Gasteiger partial charge in [-0.25, -0.2) is 0 Å². The van der Waals surface area contributed by atoms with Crippen molar-refractivity contribution in [1.29, 1.82) is 0 Å². The first-order valence-corrected chi connectivity index (χ1v) is 8.00. The van der Waals surface area contributed by atoms with Gasteiger partial charge in [0.25, 0.3) is 0 Å². The van der Waals surface area contributed by atoms with Gasteiger partial charge in [0, 0.05) is 12.1 Å². The highest BCUT2D eigenvalue weighted by Gasteiger charge is 2.06. The summed E-state index contributed by atoms with van der Waals surface area (Å²) in [6.07, 6.45) is 2.26. The van der Waals surface area contributed by atoms with Gasteiger partial charge in [0.2, 0.25) is 5.91 Å². The van der Waals surface area contributed by atoms with Crippen molar-refractivity contribution < 1.29 is 9.53 Å². The predicted molar refractivity (Wildman–Crippen MR) is 95.2 cm³/mol. The molecule has 1 amide bonds. The van der Waals surface area contributed by atoms with E-state index in [2.05, 4.69) is 30.4 Å². The molecule has 2 rings (SSSR count). The topological polar surface area (TPSA) is 38.3 Å². The number of methoxy groups -OCH3 is 1. The van der Waals surface area contributed by atoms with Gasteiger partial charge in [-0.3, -0.25) is 4.79 Å². The zero-order valence-corrected chi connectivity index (χ0v) is 14.4. The lowest BCUT2D eigenvalue weighted by Crippen LogP contribution is -2.12. The average molecular weight is 311 g/mol. The maximum absolute atomic E-state index is 12.1. The largest absolute Gasteiger partial charge is 0.496 e. The van der Waals surface area contributed by atoms with Crippen LogP contribution in [0.15, 0.2) is 36.4 Å². The predicted octanol–water partition coefficient (Wildman–Crippen LogP) is 4.58. The second kappa shape index (κ2) is 7.82. The Hall–Kier alpha value is -2.29. The maximum atomic E-state index is 12.1. The van der Waals surface area contributed by atoms with Gasteiger partial charge < -0.3 is 10.1 Å². The molecule has 0 bridgehead atoms. The van der Waals surface area contributed by atoms with Gasteiger partial charge in [0.1, 0.15) is 5.75 Å². The molecule has 0 saturated heterocycles. The molecule has 3 heteroatoms. The van der Waals surface area contributed by atoms with Crippen LogP contribution in [0.5, 0.6) is 5.75 Å². The van der Waals surface area contributed by atoms with Crippen LogP contribution in [0.3, 0.4) is 0 Å². The summed E-state index contributed by atoms with van der Waals surface area (Å²) in [4.78, 5) is 12.1. The molecule has 0 aliphatic carbocycles. The number of hydrogen-bond donors (Lipinski definition) is 1. The van der Waals surface area contributed by atoms with Crippen molar-refractivity contribution in [2.75, 3.05) is 12.4 Å². The van der Waals surface area contributed by atoms with Crippen molar-refractivity contribution in [1.82, 2.24) is 0 Å². The summed E-state index contributed by atoms with van der Waals surface area (Å²) in [7, 11) is 1.68. The van der Waals surface area contributed by atoms with Crippen LogP contribution in [-0.2, 0) is 11.2 Å². The molecule has 0 atom stereocenters. The standard InChI is InChI=1S/C20H25NO2/c1-14-8-10-18(15(2)12-14)21-20(22)7-5-6-17-9-11-19(23-4)16(3)13-17/h8-13H,5-7H2,1-4H3,(H,21,22). The van der Waals surface area contributed by atoms with Crippen molar-refractivity contribution in [3.05, 3.63) is 58.7 Å². The lowest BCUT2D eigenvalue weighted by molar-refractivity contribution is -0.116. The zero-order chi connectivity index (χ0) is 16.8. The molecule has 0 saturated carbocycles. The lowest BCUT2D eigenvalue weighted by atomic mass is 10.0. The van der Waals surface area contributed by atoms with Gasteiger partial charge >= 0.3 is 0 Å². The number of nitrogens with one attached hydrogen (secondary N) is 1. The summed E-state index contributed by atoms with van der Waals surface area (Å²) in [5, 5.41) is 2.99. The van der Waals surface area contributed by atoms with Gasteiger partial charge in [-0.2, -0.15) is 0 Å². The highest BCUT2D eigenvalue weighted by Crippen LogP contribution is 2.20. The summed E-state index contributed by atoms with van der Waals surface area (Å²) < 4.78 is 5.26. The van der Waals surface area contributed by atoms with E-state index in [-0.39, 0.29) is 5.91 Å². The van der Waals surface area contributed by atoms with E-state index < -0.39 is 0 Å². The molecule has 0 fully saturated rings. The molecule has 1 N–H and O–H groups in total. The van der Waals surface area contributed by atoms with Crippen LogP contribution in [-0.4, -0.2) is 13.0 Å². The first-order valence-electron chi connectivity index (χ1n) is 8.00. The number of carbonyl (C=O) groups excluding carboxylic acids is 1. The van der Waals surface area contributed by atoms with E-state index in [0.717, 1.165) is 35.4 Å². The third-order valence-corrected chi connectivity index (χ3v) is 3.98. The highest BCUT2D eigenvalue weighted by atomic mass is 16.5. The van der Waals surface area contributed by atoms with E-state index in [1.54, 1.807) is 7.11 Å². The molecule has 2 aromatic carbocycles. The normalized spacial score (nSPS) is 10.4. The fourth-order valence-electron chi connectivity index (χ4n) is 2.72. The number of ether oxygens (including phenoxy) is 1. The number of aryl methyl sites for hydroxylation is 4. The zero-order valence-electron chi connectivity index (χ0n) is 14.4. The molecule has 23 heavy (non-hydrogen) atoms.